The summed E-state index contributed by atoms with van der Waals surface area (Å²) < 4.78 is 20.5. The number of ether oxygens (including phenoxy) is 1. The van der Waals surface area contributed by atoms with Crippen LogP contribution in [-0.2, 0) is 13.6 Å². The number of benzene rings is 4. The minimum Gasteiger partial charge on any atom is -0.405 e. The van der Waals surface area contributed by atoms with Gasteiger partial charge in [-0.05, 0) is 61.9 Å². The Balaban J connectivity index is 1.14. The monoisotopic (exact) mass is 704 g/mol. The number of allylic oxidation sites excluding steroid dienone is 1. The highest BCUT2D eigenvalue weighted by molar-refractivity contribution is 7.00. The summed E-state index contributed by atoms with van der Waals surface area (Å²) in [5.41, 5.74) is 0. The van der Waals surface area contributed by atoms with Crippen LogP contribution in [0.4, 0.5) is 0 Å². The van der Waals surface area contributed by atoms with Gasteiger partial charge in [0.2, 0.25) is 0 Å². The highest BCUT2D eigenvalue weighted by Gasteiger charge is 2.52. The Labute approximate surface area is 305 Å². The van der Waals surface area contributed by atoms with Gasteiger partial charge in [-0.1, -0.05) is 189 Å². The molecule has 1 aliphatic rings. The highest BCUT2D eigenvalue weighted by Crippen LogP contribution is 2.39. The average molecular weight is 705 g/mol. The summed E-state index contributed by atoms with van der Waals surface area (Å²) in [5, 5.41) is 5.26. The normalized spacial score (nSPS) is 18.2. The van der Waals surface area contributed by atoms with Gasteiger partial charge < -0.3 is 13.6 Å². The van der Waals surface area contributed by atoms with Crippen molar-refractivity contribution in [3.8, 4) is 0 Å². The Kier molecular flexibility index (Phi) is 12.6. The lowest BCUT2D eigenvalue weighted by Crippen LogP contribution is -2.66. The molecule has 0 spiro atoms. The predicted molar refractivity (Wildman–Crippen MR) is 217 cm³/mol. The third kappa shape index (κ3) is 8.68. The second-order valence-corrected chi connectivity index (χ2v) is 25.2. The smallest absolute Gasteiger partial charge is 0.261 e. The van der Waals surface area contributed by atoms with E-state index in [-0.39, 0.29) is 22.3 Å². The van der Waals surface area contributed by atoms with Gasteiger partial charge in [0.1, 0.15) is 6.10 Å². The molecule has 266 valence electrons. The molecule has 0 bridgehead atoms. The third-order valence-corrected chi connectivity index (χ3v) is 20.5. The van der Waals surface area contributed by atoms with Gasteiger partial charge in [-0.15, -0.1) is 0 Å². The van der Waals surface area contributed by atoms with Crippen molar-refractivity contribution in [2.75, 3.05) is 13.2 Å². The number of hydrogen-bond donors (Lipinski definition) is 0. The topological polar surface area (TPSA) is 31.0 Å². The number of rotatable bonds is 16. The molecule has 50 heavy (non-hydrogen) atoms. The molecule has 0 saturated carbocycles. The maximum absolute atomic E-state index is 7.16. The van der Waals surface area contributed by atoms with Crippen molar-refractivity contribution < 1.29 is 13.6 Å². The summed E-state index contributed by atoms with van der Waals surface area (Å²) in [6, 6.07) is 43.6. The molecule has 4 aromatic carbocycles. The van der Waals surface area contributed by atoms with Crippen molar-refractivity contribution in [2.24, 2.45) is 11.8 Å². The van der Waals surface area contributed by atoms with Gasteiger partial charge in [-0.2, -0.15) is 0 Å². The quantitative estimate of drug-likeness (QED) is 0.0664. The first kappa shape index (κ1) is 38.2. The van der Waals surface area contributed by atoms with Gasteiger partial charge in [0.15, 0.2) is 0 Å². The summed E-state index contributed by atoms with van der Waals surface area (Å²) >= 11 is 0. The van der Waals surface area contributed by atoms with Crippen molar-refractivity contribution in [3.63, 3.8) is 0 Å². The molecule has 5 rings (SSSR count). The average Bonchev–Trinajstić information content (AvgIpc) is 3.84. The van der Waals surface area contributed by atoms with Crippen LogP contribution in [-0.4, -0.2) is 42.1 Å². The van der Waals surface area contributed by atoms with E-state index >= 15 is 0 Å². The molecule has 0 amide bonds. The molecular weight excluding hydrogens is 645 g/mol. The van der Waals surface area contributed by atoms with E-state index in [0.29, 0.717) is 25.0 Å². The van der Waals surface area contributed by atoms with E-state index in [4.69, 9.17) is 13.6 Å². The first-order valence-electron chi connectivity index (χ1n) is 18.7. The van der Waals surface area contributed by atoms with Crippen LogP contribution in [0.3, 0.4) is 0 Å². The Morgan fingerprint density at radius 1 is 0.560 bits per heavy atom. The second-order valence-electron chi connectivity index (χ2n) is 16.6. The first-order chi connectivity index (χ1) is 23.9. The van der Waals surface area contributed by atoms with Crippen LogP contribution in [0, 0.1) is 11.8 Å². The van der Waals surface area contributed by atoms with Crippen molar-refractivity contribution in [1.82, 2.24) is 0 Å². The van der Waals surface area contributed by atoms with E-state index in [1.807, 2.05) is 0 Å². The molecule has 5 heteroatoms. The molecule has 0 radical (unpaired) electrons. The van der Waals surface area contributed by atoms with Gasteiger partial charge in [0.05, 0.1) is 19.3 Å². The van der Waals surface area contributed by atoms with Crippen molar-refractivity contribution >= 4 is 37.4 Å². The van der Waals surface area contributed by atoms with Crippen LogP contribution < -0.4 is 20.7 Å². The van der Waals surface area contributed by atoms with Crippen LogP contribution in [0.1, 0.15) is 74.7 Å². The van der Waals surface area contributed by atoms with Crippen molar-refractivity contribution in [1.29, 1.82) is 0 Å². The van der Waals surface area contributed by atoms with E-state index in [1.165, 1.54) is 27.2 Å². The predicted octanol–water partition coefficient (Wildman–Crippen LogP) is 8.91. The maximum atomic E-state index is 7.16. The zero-order chi connectivity index (χ0) is 35.8. The maximum Gasteiger partial charge on any atom is 0.261 e. The summed E-state index contributed by atoms with van der Waals surface area (Å²) in [6.07, 6.45) is 8.37. The standard InChI is InChI=1S/C45H60O3Si2/c1-36(23-21-22-32-46-49(44(3,4)5,38-24-13-9-14-25-38)39-26-15-10-16-27-39)33-37(2)34-42-43(48-42)35-47-50(45(6,7)8,40-28-17-11-18-29-40)41-30-19-12-20-31-41/h9-22,24-31,36-37,42-43H,23,32-35H2,1-8H3/b22-21-/t36-,37-,42-,43+/m1/s1. The third-order valence-electron chi connectivity index (χ3n) is 10.5. The molecule has 1 heterocycles. The molecule has 0 N–H and O–H groups in total. The lowest BCUT2D eigenvalue weighted by molar-refractivity contribution is 0.246. The van der Waals surface area contributed by atoms with Gasteiger partial charge in [-0.25, -0.2) is 0 Å². The molecule has 4 aromatic rings. The zero-order valence-corrected chi connectivity index (χ0v) is 33.8. The molecular formula is C45H60O3Si2. The van der Waals surface area contributed by atoms with E-state index in [0.717, 1.165) is 12.8 Å². The number of epoxide rings is 1. The minimum atomic E-state index is -2.55. The summed E-state index contributed by atoms with van der Waals surface area (Å²) in [7, 11) is -5.06. The lowest BCUT2D eigenvalue weighted by atomic mass is 9.91. The molecule has 0 unspecified atom stereocenters. The van der Waals surface area contributed by atoms with Crippen LogP contribution in [0.25, 0.3) is 0 Å². The van der Waals surface area contributed by atoms with Crippen LogP contribution >= 0.6 is 0 Å². The fourth-order valence-corrected chi connectivity index (χ4v) is 17.2. The Morgan fingerprint density at radius 2 is 0.960 bits per heavy atom. The largest absolute Gasteiger partial charge is 0.405 e. The molecule has 1 aliphatic heterocycles. The Hall–Kier alpha value is -3.07. The zero-order valence-electron chi connectivity index (χ0n) is 31.8. The first-order valence-corrected chi connectivity index (χ1v) is 22.5. The molecule has 1 saturated heterocycles. The van der Waals surface area contributed by atoms with E-state index in [1.54, 1.807) is 0 Å². The van der Waals surface area contributed by atoms with E-state index < -0.39 is 16.6 Å². The molecule has 3 nitrogen and oxygen atoms in total. The minimum absolute atomic E-state index is 0.0143. The van der Waals surface area contributed by atoms with Crippen LogP contribution in [0.2, 0.25) is 10.1 Å². The van der Waals surface area contributed by atoms with Gasteiger partial charge >= 0.3 is 0 Å². The Bertz CT molecular complexity index is 1530. The molecule has 1 fully saturated rings. The molecule has 4 atom stereocenters. The van der Waals surface area contributed by atoms with Gasteiger partial charge in [0.25, 0.3) is 16.6 Å². The fourth-order valence-electron chi connectivity index (χ4n) is 8.11. The van der Waals surface area contributed by atoms with E-state index in [9.17, 15) is 0 Å². The van der Waals surface area contributed by atoms with Crippen molar-refractivity contribution in [3.05, 3.63) is 133 Å². The van der Waals surface area contributed by atoms with Crippen LogP contribution in [0.5, 0.6) is 0 Å². The highest BCUT2D eigenvalue weighted by atomic mass is 28.4. The van der Waals surface area contributed by atoms with Crippen LogP contribution in [0.15, 0.2) is 133 Å². The number of hydrogen-bond acceptors (Lipinski definition) is 3. The van der Waals surface area contributed by atoms with E-state index in [2.05, 4.69) is 189 Å². The van der Waals surface area contributed by atoms with Gasteiger partial charge in [0, 0.05) is 0 Å². The second kappa shape index (κ2) is 16.5. The van der Waals surface area contributed by atoms with Gasteiger partial charge in [-0.3, -0.25) is 0 Å². The molecule has 0 aromatic heterocycles. The summed E-state index contributed by atoms with van der Waals surface area (Å²) in [5.74, 6) is 1.19. The SMILES string of the molecule is C[C@H](C/C=C\CO[Si](c1ccccc1)(c1ccccc1)C(C)(C)C)C[C@@H](C)C[C@H]1O[C@H]1CO[Si](c1ccccc1)(c1ccccc1)C(C)(C)C. The summed E-state index contributed by atoms with van der Waals surface area (Å²) in [6.45, 7) is 20.0. The lowest BCUT2D eigenvalue weighted by Gasteiger charge is -2.43. The summed E-state index contributed by atoms with van der Waals surface area (Å²) in [4.78, 5) is 0. The Morgan fingerprint density at radius 3 is 1.36 bits per heavy atom. The molecule has 0 aliphatic carbocycles. The fraction of sp³-hybridized carbons (Fsp3) is 0.422. The van der Waals surface area contributed by atoms with Crippen molar-refractivity contribution in [2.45, 2.75) is 96.9 Å².